The van der Waals surface area contributed by atoms with Crippen LogP contribution in [0.25, 0.3) is 105 Å². The maximum Gasteiger partial charge on any atom is 0.164 e. The third-order valence-electron chi connectivity index (χ3n) is 10.8. The molecule has 256 valence electrons. The van der Waals surface area contributed by atoms with Crippen molar-refractivity contribution in [3.05, 3.63) is 194 Å². The quantitative estimate of drug-likeness (QED) is 0.168. The van der Waals surface area contributed by atoms with Gasteiger partial charge in [-0.15, -0.1) is 0 Å². The molecule has 11 aromatic rings. The smallest absolute Gasteiger partial charge is 0.164 e. The van der Waals surface area contributed by atoms with Crippen LogP contribution in [-0.4, -0.2) is 19.5 Å². The Labute approximate surface area is 317 Å². The molecule has 0 saturated heterocycles. The first-order valence-corrected chi connectivity index (χ1v) is 18.6. The lowest BCUT2D eigenvalue weighted by Gasteiger charge is -2.14. The molecule has 55 heavy (non-hydrogen) atoms. The van der Waals surface area contributed by atoms with Gasteiger partial charge in [0.25, 0.3) is 0 Å². The van der Waals surface area contributed by atoms with Crippen LogP contribution in [-0.2, 0) is 0 Å². The van der Waals surface area contributed by atoms with Crippen LogP contribution >= 0.6 is 0 Å². The average molecular weight is 701 g/mol. The van der Waals surface area contributed by atoms with E-state index in [-0.39, 0.29) is 0 Å². The number of fused-ring (bicyclic) bond motifs is 9. The number of benzene rings is 9. The number of nitrogens with zero attached hydrogens (tertiary/aromatic N) is 4. The Hall–Kier alpha value is -7.43. The van der Waals surface area contributed by atoms with Gasteiger partial charge in [0.1, 0.15) is 0 Å². The summed E-state index contributed by atoms with van der Waals surface area (Å²) < 4.78 is 2.33. The van der Waals surface area contributed by atoms with Crippen LogP contribution in [0.2, 0.25) is 0 Å². The molecule has 0 fully saturated rings. The number of para-hydroxylation sites is 2. The zero-order valence-corrected chi connectivity index (χ0v) is 29.8. The molecule has 0 aliphatic carbocycles. The van der Waals surface area contributed by atoms with E-state index in [0.717, 1.165) is 33.4 Å². The summed E-state index contributed by atoms with van der Waals surface area (Å²) in [6.07, 6.45) is 0. The molecule has 2 aromatic heterocycles. The molecule has 4 heteroatoms. The van der Waals surface area contributed by atoms with Crippen LogP contribution in [0.4, 0.5) is 0 Å². The maximum absolute atomic E-state index is 5.22. The Kier molecular flexibility index (Phi) is 7.14. The highest BCUT2D eigenvalue weighted by Crippen LogP contribution is 2.39. The van der Waals surface area contributed by atoms with Crippen molar-refractivity contribution in [2.45, 2.75) is 0 Å². The second-order valence-corrected chi connectivity index (χ2v) is 14.0. The Morgan fingerprint density at radius 1 is 0.255 bits per heavy atom. The van der Waals surface area contributed by atoms with Gasteiger partial charge in [-0.3, -0.25) is 0 Å². The Morgan fingerprint density at radius 2 is 0.673 bits per heavy atom. The molecule has 2 heterocycles. The fourth-order valence-corrected chi connectivity index (χ4v) is 8.24. The normalized spacial score (nSPS) is 11.6. The first-order chi connectivity index (χ1) is 27.3. The third kappa shape index (κ3) is 5.19. The van der Waals surface area contributed by atoms with E-state index in [1.807, 2.05) is 18.2 Å². The van der Waals surface area contributed by atoms with Crippen molar-refractivity contribution in [3.8, 4) is 51.0 Å². The number of hydrogen-bond donors (Lipinski definition) is 0. The van der Waals surface area contributed by atoms with E-state index in [2.05, 4.69) is 180 Å². The summed E-state index contributed by atoms with van der Waals surface area (Å²) in [5.41, 5.74) is 8.58. The molecule has 0 amide bonds. The molecule has 0 radical (unpaired) electrons. The van der Waals surface area contributed by atoms with E-state index in [1.54, 1.807) is 0 Å². The van der Waals surface area contributed by atoms with Gasteiger partial charge in [-0.2, -0.15) is 0 Å². The Morgan fingerprint density at radius 3 is 1.31 bits per heavy atom. The molecule has 0 N–H and O–H groups in total. The third-order valence-corrected chi connectivity index (χ3v) is 10.8. The molecule has 0 aliphatic rings. The van der Waals surface area contributed by atoms with Crippen molar-refractivity contribution >= 4 is 54.1 Å². The molecule has 0 atom stereocenters. The molecule has 9 aromatic carbocycles. The van der Waals surface area contributed by atoms with E-state index in [4.69, 9.17) is 15.0 Å². The van der Waals surface area contributed by atoms with Crippen LogP contribution in [0.5, 0.6) is 0 Å². The second-order valence-electron chi connectivity index (χ2n) is 14.0. The minimum atomic E-state index is 0.627. The first-order valence-electron chi connectivity index (χ1n) is 18.6. The van der Waals surface area contributed by atoms with E-state index in [1.165, 1.54) is 54.2 Å². The molecule has 0 bridgehead atoms. The van der Waals surface area contributed by atoms with Crippen molar-refractivity contribution in [1.82, 2.24) is 19.5 Å². The minimum absolute atomic E-state index is 0.627. The summed E-state index contributed by atoms with van der Waals surface area (Å²) in [6.45, 7) is 0. The van der Waals surface area contributed by atoms with Gasteiger partial charge in [0.2, 0.25) is 0 Å². The average Bonchev–Trinajstić information content (AvgIpc) is 3.61. The molecule has 0 unspecified atom stereocenters. The molecule has 11 rings (SSSR count). The van der Waals surface area contributed by atoms with E-state index >= 15 is 0 Å². The molecule has 0 saturated carbocycles. The number of hydrogen-bond acceptors (Lipinski definition) is 3. The fourth-order valence-electron chi connectivity index (χ4n) is 8.24. The van der Waals surface area contributed by atoms with Crippen molar-refractivity contribution in [2.75, 3.05) is 0 Å². The summed E-state index contributed by atoms with van der Waals surface area (Å²) in [4.78, 5) is 15.5. The maximum atomic E-state index is 5.22. The monoisotopic (exact) mass is 700 g/mol. The van der Waals surface area contributed by atoms with Gasteiger partial charge in [-0.1, -0.05) is 158 Å². The topological polar surface area (TPSA) is 43.6 Å². The predicted octanol–water partition coefficient (Wildman–Crippen LogP) is 13.1. The van der Waals surface area contributed by atoms with Crippen molar-refractivity contribution in [3.63, 3.8) is 0 Å². The molecule has 0 aliphatic heterocycles. The van der Waals surface area contributed by atoms with E-state index in [9.17, 15) is 0 Å². The first kappa shape index (κ1) is 31.1. The van der Waals surface area contributed by atoms with Crippen LogP contribution < -0.4 is 0 Å². The minimum Gasteiger partial charge on any atom is -0.309 e. The van der Waals surface area contributed by atoms with Gasteiger partial charge in [-0.25, -0.2) is 15.0 Å². The summed E-state index contributed by atoms with van der Waals surface area (Å²) in [5.74, 6) is 1.90. The zero-order chi connectivity index (χ0) is 36.3. The predicted molar refractivity (Wildman–Crippen MR) is 228 cm³/mol. The van der Waals surface area contributed by atoms with Crippen LogP contribution in [0, 0.1) is 0 Å². The summed E-state index contributed by atoms with van der Waals surface area (Å²) in [7, 11) is 0. The van der Waals surface area contributed by atoms with Gasteiger partial charge < -0.3 is 4.57 Å². The van der Waals surface area contributed by atoms with Gasteiger partial charge >= 0.3 is 0 Å². The standard InChI is InChI=1S/C51H32N4/c1-3-14-33(15-4-1)35-26-28-41-39-20-7-8-21-40(39)46-32-37(27-29-42(46)45(41)31-35)51-53-49(34-16-5-2-6-17-34)52-50(54-51)36-18-13-19-38(30-36)55-47-24-11-9-22-43(47)44-23-10-12-25-48(44)55/h1-32H. The lowest BCUT2D eigenvalue weighted by atomic mass is 9.91. The summed E-state index contributed by atoms with van der Waals surface area (Å²) in [5, 5.41) is 9.72. The Balaban J connectivity index is 1.11. The van der Waals surface area contributed by atoms with E-state index in [0.29, 0.717) is 17.5 Å². The number of aromatic nitrogens is 4. The molecule has 0 spiro atoms. The van der Waals surface area contributed by atoms with Crippen LogP contribution in [0.3, 0.4) is 0 Å². The van der Waals surface area contributed by atoms with Gasteiger partial charge in [0, 0.05) is 33.2 Å². The van der Waals surface area contributed by atoms with Gasteiger partial charge in [-0.05, 0) is 79.8 Å². The SMILES string of the molecule is c1ccc(-c2ccc3c4ccccc4c4cc(-c5nc(-c6ccccc6)nc(-c6cccc(-n7c8ccccc8c8ccccc87)c6)n5)ccc4c3c2)cc1. The van der Waals surface area contributed by atoms with Crippen molar-refractivity contribution in [1.29, 1.82) is 0 Å². The summed E-state index contributed by atoms with van der Waals surface area (Å²) >= 11 is 0. The molecular weight excluding hydrogens is 669 g/mol. The largest absolute Gasteiger partial charge is 0.309 e. The lowest BCUT2D eigenvalue weighted by molar-refractivity contribution is 1.07. The second kappa shape index (κ2) is 12.6. The molecule has 4 nitrogen and oxygen atoms in total. The highest BCUT2D eigenvalue weighted by molar-refractivity contribution is 6.26. The highest BCUT2D eigenvalue weighted by atomic mass is 15.0. The fraction of sp³-hybridized carbons (Fsp3) is 0. The molecular formula is C51H32N4. The zero-order valence-electron chi connectivity index (χ0n) is 29.8. The van der Waals surface area contributed by atoms with Crippen molar-refractivity contribution < 1.29 is 0 Å². The van der Waals surface area contributed by atoms with Crippen molar-refractivity contribution in [2.24, 2.45) is 0 Å². The summed E-state index contributed by atoms with van der Waals surface area (Å²) in [6, 6.07) is 68.7. The highest BCUT2D eigenvalue weighted by Gasteiger charge is 2.17. The Bertz CT molecular complexity index is 3200. The van der Waals surface area contributed by atoms with Gasteiger partial charge in [0.05, 0.1) is 11.0 Å². The van der Waals surface area contributed by atoms with Gasteiger partial charge in [0.15, 0.2) is 17.5 Å². The van der Waals surface area contributed by atoms with Crippen LogP contribution in [0.15, 0.2) is 194 Å². The van der Waals surface area contributed by atoms with Crippen LogP contribution in [0.1, 0.15) is 0 Å². The number of rotatable bonds is 5. The van der Waals surface area contributed by atoms with E-state index < -0.39 is 0 Å². The lowest BCUT2D eigenvalue weighted by Crippen LogP contribution is -2.01.